The van der Waals surface area contributed by atoms with Crippen LogP contribution in [0.4, 0.5) is 0 Å². The fourth-order valence-corrected chi connectivity index (χ4v) is 1.55. The third-order valence-corrected chi connectivity index (χ3v) is 2.14. The molecule has 0 aliphatic rings. The molecule has 0 heterocycles. The molecule has 1 rings (SSSR count). The van der Waals surface area contributed by atoms with Crippen molar-refractivity contribution < 1.29 is 23.3 Å². The van der Waals surface area contributed by atoms with Crippen molar-refractivity contribution in [2.24, 2.45) is 0 Å². The van der Waals surface area contributed by atoms with Crippen LogP contribution in [0.25, 0.3) is 0 Å². The molecule has 1 atom stereocenters. The molecule has 1 aromatic rings. The third-order valence-electron chi connectivity index (χ3n) is 1.21. The second-order valence-corrected chi connectivity index (χ2v) is 3.76. The predicted molar refractivity (Wildman–Crippen MR) is 48.7 cm³/mol. The highest BCUT2D eigenvalue weighted by Crippen LogP contribution is 2.43. The second kappa shape index (κ2) is 4.26. The van der Waals surface area contributed by atoms with Gasteiger partial charge in [-0.25, -0.2) is 4.57 Å². The predicted octanol–water partition coefficient (Wildman–Crippen LogP) is 1.73. The van der Waals surface area contributed by atoms with Crippen molar-refractivity contribution in [2.75, 3.05) is 0 Å². The third kappa shape index (κ3) is 3.60. The lowest BCUT2D eigenvalue weighted by Gasteiger charge is -2.10. The monoisotopic (exact) mass is 216 g/mol. The first-order chi connectivity index (χ1) is 6.49. The Kier molecular flexibility index (Phi) is 3.28. The molecule has 0 fully saturated rings. The Hall–Kier alpha value is -1.32. The molecule has 1 N–H and O–H groups in total. The molecule has 0 aromatic heterocycles. The summed E-state index contributed by atoms with van der Waals surface area (Å²) in [5.41, 5.74) is 0. The number of hydrogen-bond acceptors (Lipinski definition) is 4. The summed E-state index contributed by atoms with van der Waals surface area (Å²) in [4.78, 5) is 19.4. The summed E-state index contributed by atoms with van der Waals surface area (Å²) < 4.78 is 19.8. The topological polar surface area (TPSA) is 72.8 Å². The van der Waals surface area contributed by atoms with Crippen molar-refractivity contribution in [3.05, 3.63) is 30.3 Å². The van der Waals surface area contributed by atoms with E-state index in [0.29, 0.717) is 0 Å². The van der Waals surface area contributed by atoms with Gasteiger partial charge in [-0.05, 0) is 12.1 Å². The van der Waals surface area contributed by atoms with Gasteiger partial charge in [-0.3, -0.25) is 9.69 Å². The molecule has 1 unspecified atom stereocenters. The van der Waals surface area contributed by atoms with Crippen molar-refractivity contribution >= 4 is 13.8 Å². The summed E-state index contributed by atoms with van der Waals surface area (Å²) in [6, 6.07) is 7.94. The molecule has 0 radical (unpaired) electrons. The van der Waals surface area contributed by atoms with Gasteiger partial charge in [0.25, 0.3) is 0 Å². The van der Waals surface area contributed by atoms with Gasteiger partial charge in [0.05, 0.1) is 0 Å². The lowest BCUT2D eigenvalue weighted by molar-refractivity contribution is -0.133. The molecule has 0 saturated carbocycles. The number of carbonyl (C=O) groups is 1. The standard InChI is InChI=1S/C8H9O5P/c1-7(9)12-14(10,11)13-8-5-3-2-4-6-8/h2-6H,1H3,(H,10,11). The van der Waals surface area contributed by atoms with Crippen LogP contribution in [0, 0.1) is 0 Å². The lowest BCUT2D eigenvalue weighted by Crippen LogP contribution is -2.01. The maximum absolute atomic E-state index is 11.1. The fourth-order valence-electron chi connectivity index (χ4n) is 0.796. The van der Waals surface area contributed by atoms with E-state index >= 15 is 0 Å². The van der Waals surface area contributed by atoms with Crippen LogP contribution in [0.15, 0.2) is 30.3 Å². The fraction of sp³-hybridized carbons (Fsp3) is 0.125. The maximum Gasteiger partial charge on any atom is 0.587 e. The molecule has 14 heavy (non-hydrogen) atoms. The van der Waals surface area contributed by atoms with Crippen molar-refractivity contribution in [1.29, 1.82) is 0 Å². The van der Waals surface area contributed by atoms with E-state index in [1.165, 1.54) is 12.1 Å². The van der Waals surface area contributed by atoms with Crippen molar-refractivity contribution in [1.82, 2.24) is 0 Å². The summed E-state index contributed by atoms with van der Waals surface area (Å²) in [6.07, 6.45) is 0. The normalized spacial score (nSPS) is 14.1. The van der Waals surface area contributed by atoms with Crippen LogP contribution in [-0.2, 0) is 13.9 Å². The molecule has 76 valence electrons. The number of hydrogen-bond donors (Lipinski definition) is 1. The number of phosphoric acid groups is 1. The molecular weight excluding hydrogens is 207 g/mol. The van der Waals surface area contributed by atoms with E-state index in [1.807, 2.05) is 0 Å². The van der Waals surface area contributed by atoms with Crippen LogP contribution >= 0.6 is 7.82 Å². The van der Waals surface area contributed by atoms with Gasteiger partial charge >= 0.3 is 13.8 Å². The molecule has 5 nitrogen and oxygen atoms in total. The summed E-state index contributed by atoms with van der Waals surface area (Å²) >= 11 is 0. The Morgan fingerprint density at radius 2 is 1.93 bits per heavy atom. The van der Waals surface area contributed by atoms with Crippen LogP contribution in [0.5, 0.6) is 5.75 Å². The van der Waals surface area contributed by atoms with Crippen LogP contribution in [0.2, 0.25) is 0 Å². The van der Waals surface area contributed by atoms with Gasteiger partial charge in [0.1, 0.15) is 5.75 Å². The van der Waals surface area contributed by atoms with Crippen LogP contribution in [0.3, 0.4) is 0 Å². The van der Waals surface area contributed by atoms with Crippen molar-refractivity contribution in [2.45, 2.75) is 6.92 Å². The van der Waals surface area contributed by atoms with E-state index in [0.717, 1.165) is 6.92 Å². The maximum atomic E-state index is 11.1. The molecule has 0 bridgehead atoms. The quantitative estimate of drug-likeness (QED) is 0.779. The molecule has 6 heteroatoms. The van der Waals surface area contributed by atoms with E-state index in [4.69, 9.17) is 4.89 Å². The number of para-hydroxylation sites is 1. The zero-order valence-corrected chi connectivity index (χ0v) is 8.31. The molecular formula is C8H9O5P. The molecule has 0 saturated heterocycles. The minimum Gasteiger partial charge on any atom is -0.395 e. The van der Waals surface area contributed by atoms with E-state index in [2.05, 4.69) is 9.05 Å². The van der Waals surface area contributed by atoms with E-state index < -0.39 is 13.8 Å². The summed E-state index contributed by atoms with van der Waals surface area (Å²) in [6.45, 7) is 1.03. The first kappa shape index (κ1) is 10.8. The first-order valence-corrected chi connectivity index (χ1v) is 5.27. The number of rotatable bonds is 3. The van der Waals surface area contributed by atoms with Gasteiger partial charge in [-0.1, -0.05) is 18.2 Å². The van der Waals surface area contributed by atoms with Crippen molar-refractivity contribution in [3.63, 3.8) is 0 Å². The van der Waals surface area contributed by atoms with Gasteiger partial charge in [0.2, 0.25) is 0 Å². The Morgan fingerprint density at radius 1 is 1.36 bits per heavy atom. The number of benzene rings is 1. The Balaban J connectivity index is 2.69. The summed E-state index contributed by atoms with van der Waals surface area (Å²) in [5, 5.41) is 0. The lowest BCUT2D eigenvalue weighted by atomic mass is 10.3. The van der Waals surface area contributed by atoms with Gasteiger partial charge in [0.15, 0.2) is 0 Å². The van der Waals surface area contributed by atoms with Gasteiger partial charge < -0.3 is 9.05 Å². The first-order valence-electron chi connectivity index (χ1n) is 3.77. The zero-order valence-electron chi connectivity index (χ0n) is 7.41. The average Bonchev–Trinajstić information content (AvgIpc) is 2.02. The Bertz CT molecular complexity index is 361. The highest BCUT2D eigenvalue weighted by atomic mass is 31.2. The molecule has 0 amide bonds. The zero-order chi connectivity index (χ0) is 10.6. The molecule has 0 spiro atoms. The van der Waals surface area contributed by atoms with Gasteiger partial charge in [-0.15, -0.1) is 0 Å². The highest BCUT2D eigenvalue weighted by Gasteiger charge is 2.25. The smallest absolute Gasteiger partial charge is 0.395 e. The van der Waals surface area contributed by atoms with Crippen LogP contribution in [-0.4, -0.2) is 10.9 Å². The number of phosphoric ester groups is 1. The second-order valence-electron chi connectivity index (χ2n) is 2.46. The highest BCUT2D eigenvalue weighted by molar-refractivity contribution is 7.48. The van der Waals surface area contributed by atoms with E-state index in [1.54, 1.807) is 18.2 Å². The SMILES string of the molecule is CC(=O)OP(=O)(O)Oc1ccccc1. The average molecular weight is 216 g/mol. The van der Waals surface area contributed by atoms with Crippen molar-refractivity contribution in [3.8, 4) is 5.75 Å². The molecule has 1 aromatic carbocycles. The minimum atomic E-state index is -4.32. The minimum absolute atomic E-state index is 0.166. The Labute approximate surface area is 80.9 Å². The Morgan fingerprint density at radius 3 is 2.43 bits per heavy atom. The van der Waals surface area contributed by atoms with Gasteiger partial charge in [0, 0.05) is 6.92 Å². The van der Waals surface area contributed by atoms with E-state index in [-0.39, 0.29) is 5.75 Å². The van der Waals surface area contributed by atoms with Crippen LogP contribution in [0.1, 0.15) is 6.92 Å². The molecule has 0 aliphatic heterocycles. The summed E-state index contributed by atoms with van der Waals surface area (Å²) in [7, 11) is -4.32. The van der Waals surface area contributed by atoms with E-state index in [9.17, 15) is 9.36 Å². The van der Waals surface area contributed by atoms with Crippen LogP contribution < -0.4 is 4.52 Å². The summed E-state index contributed by atoms with van der Waals surface area (Å²) in [5.74, 6) is -0.702. The number of carbonyl (C=O) groups excluding carboxylic acids is 1. The molecule has 0 aliphatic carbocycles. The largest absolute Gasteiger partial charge is 0.587 e. The van der Waals surface area contributed by atoms with Gasteiger partial charge in [-0.2, -0.15) is 0 Å².